The standard InChI is InChI=1S/C12H21ClO/c13-11-9-7-5-3-1-2-4-6-8-10-12(11)14/h11H,1-10H2/t11-/m0/s1. The first-order chi connectivity index (χ1) is 6.80. The summed E-state index contributed by atoms with van der Waals surface area (Å²) >= 11 is 6.01. The topological polar surface area (TPSA) is 17.1 Å². The second-order valence-electron chi connectivity index (χ2n) is 4.30. The number of halogens is 1. The molecule has 82 valence electrons. The molecular weight excluding hydrogens is 196 g/mol. The highest BCUT2D eigenvalue weighted by molar-refractivity contribution is 6.31. The Bertz CT molecular complexity index is 168. The maximum Gasteiger partial charge on any atom is 0.150 e. The van der Waals surface area contributed by atoms with E-state index in [-0.39, 0.29) is 11.2 Å². The SMILES string of the molecule is O=C1CCCCCCCCCC[C@@H]1Cl. The first-order valence-electron chi connectivity index (χ1n) is 5.97. The van der Waals surface area contributed by atoms with Gasteiger partial charge >= 0.3 is 0 Å². The van der Waals surface area contributed by atoms with Gasteiger partial charge in [0, 0.05) is 6.42 Å². The molecule has 0 bridgehead atoms. The highest BCUT2D eigenvalue weighted by Gasteiger charge is 2.14. The molecule has 0 unspecified atom stereocenters. The van der Waals surface area contributed by atoms with E-state index < -0.39 is 0 Å². The zero-order valence-electron chi connectivity index (χ0n) is 8.93. The first kappa shape index (κ1) is 12.0. The van der Waals surface area contributed by atoms with E-state index in [1.54, 1.807) is 0 Å². The molecule has 1 aliphatic rings. The normalized spacial score (nSPS) is 27.8. The van der Waals surface area contributed by atoms with Crippen LogP contribution in [0, 0.1) is 0 Å². The van der Waals surface area contributed by atoms with Crippen LogP contribution in [0.3, 0.4) is 0 Å². The number of ketones is 1. The maximum absolute atomic E-state index is 11.5. The molecule has 0 heterocycles. The van der Waals surface area contributed by atoms with Crippen molar-refractivity contribution in [2.24, 2.45) is 0 Å². The number of carbonyl (C=O) groups excluding carboxylic acids is 1. The third-order valence-electron chi connectivity index (χ3n) is 2.98. The molecule has 1 rings (SSSR count). The van der Waals surface area contributed by atoms with E-state index in [1.165, 1.54) is 38.5 Å². The largest absolute Gasteiger partial charge is 0.298 e. The molecule has 0 aromatic carbocycles. The second-order valence-corrected chi connectivity index (χ2v) is 4.83. The van der Waals surface area contributed by atoms with E-state index in [0.717, 1.165) is 19.3 Å². The van der Waals surface area contributed by atoms with E-state index in [9.17, 15) is 4.79 Å². The summed E-state index contributed by atoms with van der Waals surface area (Å²) in [6, 6.07) is 0. The minimum atomic E-state index is -0.200. The van der Waals surface area contributed by atoms with Gasteiger partial charge in [-0.3, -0.25) is 4.79 Å². The first-order valence-corrected chi connectivity index (χ1v) is 6.41. The number of carbonyl (C=O) groups is 1. The molecule has 0 saturated heterocycles. The van der Waals surface area contributed by atoms with Crippen molar-refractivity contribution in [2.75, 3.05) is 0 Å². The van der Waals surface area contributed by atoms with Crippen LogP contribution in [0.4, 0.5) is 0 Å². The molecule has 1 saturated carbocycles. The summed E-state index contributed by atoms with van der Waals surface area (Å²) in [5.41, 5.74) is 0. The van der Waals surface area contributed by atoms with E-state index in [2.05, 4.69) is 0 Å². The van der Waals surface area contributed by atoms with Gasteiger partial charge in [-0.2, -0.15) is 0 Å². The zero-order chi connectivity index (χ0) is 10.2. The predicted molar refractivity (Wildman–Crippen MR) is 60.8 cm³/mol. The highest BCUT2D eigenvalue weighted by atomic mass is 35.5. The Morgan fingerprint density at radius 3 is 2.00 bits per heavy atom. The fraction of sp³-hybridized carbons (Fsp3) is 0.917. The minimum absolute atomic E-state index is 0.200. The Labute approximate surface area is 92.2 Å². The quantitative estimate of drug-likeness (QED) is 0.558. The summed E-state index contributed by atoms with van der Waals surface area (Å²) in [6.07, 6.45) is 11.5. The van der Waals surface area contributed by atoms with Gasteiger partial charge in [0.15, 0.2) is 5.78 Å². The number of hydrogen-bond donors (Lipinski definition) is 0. The lowest BCUT2D eigenvalue weighted by atomic mass is 10.0. The van der Waals surface area contributed by atoms with Crippen molar-refractivity contribution >= 4 is 17.4 Å². The summed E-state index contributed by atoms with van der Waals surface area (Å²) in [6.45, 7) is 0. The van der Waals surface area contributed by atoms with Crippen LogP contribution in [-0.2, 0) is 4.79 Å². The van der Waals surface area contributed by atoms with Gasteiger partial charge in [-0.05, 0) is 12.8 Å². The minimum Gasteiger partial charge on any atom is -0.298 e. The Morgan fingerprint density at radius 1 is 0.857 bits per heavy atom. The molecule has 2 heteroatoms. The van der Waals surface area contributed by atoms with Crippen molar-refractivity contribution < 1.29 is 4.79 Å². The smallest absolute Gasteiger partial charge is 0.150 e. The summed E-state index contributed by atoms with van der Waals surface area (Å²) in [4.78, 5) is 11.5. The van der Waals surface area contributed by atoms with Crippen LogP contribution in [0.5, 0.6) is 0 Å². The van der Waals surface area contributed by atoms with Crippen LogP contribution in [-0.4, -0.2) is 11.2 Å². The fourth-order valence-corrected chi connectivity index (χ4v) is 2.26. The molecule has 0 aromatic heterocycles. The van der Waals surface area contributed by atoms with Crippen LogP contribution in [0.15, 0.2) is 0 Å². The van der Waals surface area contributed by atoms with Gasteiger partial charge in [0.2, 0.25) is 0 Å². The van der Waals surface area contributed by atoms with Crippen molar-refractivity contribution in [3.05, 3.63) is 0 Å². The van der Waals surface area contributed by atoms with Crippen LogP contribution in [0.1, 0.15) is 64.2 Å². The lowest BCUT2D eigenvalue weighted by molar-refractivity contribution is -0.119. The Morgan fingerprint density at radius 2 is 1.36 bits per heavy atom. The molecule has 14 heavy (non-hydrogen) atoms. The number of Topliss-reactive ketones (excluding diaryl/α,β-unsaturated/α-hetero) is 1. The lowest BCUT2D eigenvalue weighted by Crippen LogP contribution is -2.14. The molecule has 1 fully saturated rings. The van der Waals surface area contributed by atoms with Crippen molar-refractivity contribution in [1.29, 1.82) is 0 Å². The van der Waals surface area contributed by atoms with E-state index in [0.29, 0.717) is 6.42 Å². The molecule has 1 atom stereocenters. The third kappa shape index (κ3) is 4.99. The highest BCUT2D eigenvalue weighted by Crippen LogP contribution is 2.17. The summed E-state index contributed by atoms with van der Waals surface area (Å²) < 4.78 is 0. The average Bonchev–Trinajstić information content (AvgIpc) is 2.18. The van der Waals surface area contributed by atoms with E-state index >= 15 is 0 Å². The van der Waals surface area contributed by atoms with Crippen LogP contribution in [0.25, 0.3) is 0 Å². The van der Waals surface area contributed by atoms with Crippen molar-refractivity contribution in [3.63, 3.8) is 0 Å². The molecular formula is C12H21ClO. The summed E-state index contributed by atoms with van der Waals surface area (Å²) in [7, 11) is 0. The molecule has 0 amide bonds. The molecule has 0 aliphatic heterocycles. The van der Waals surface area contributed by atoms with Gasteiger partial charge < -0.3 is 0 Å². The Hall–Kier alpha value is -0.0400. The number of alkyl halides is 1. The van der Waals surface area contributed by atoms with Crippen LogP contribution >= 0.6 is 11.6 Å². The number of rotatable bonds is 0. The van der Waals surface area contributed by atoms with Gasteiger partial charge in [0.1, 0.15) is 0 Å². The van der Waals surface area contributed by atoms with Gasteiger partial charge in [-0.15, -0.1) is 11.6 Å². The van der Waals surface area contributed by atoms with Gasteiger partial charge in [0.25, 0.3) is 0 Å². The molecule has 1 nitrogen and oxygen atoms in total. The average molecular weight is 217 g/mol. The Kier molecular flexibility index (Phi) is 6.25. The molecule has 0 spiro atoms. The monoisotopic (exact) mass is 216 g/mol. The molecule has 0 aromatic rings. The third-order valence-corrected chi connectivity index (χ3v) is 3.44. The second kappa shape index (κ2) is 7.28. The van der Waals surface area contributed by atoms with Gasteiger partial charge in [0.05, 0.1) is 5.38 Å². The van der Waals surface area contributed by atoms with Crippen LogP contribution in [0.2, 0.25) is 0 Å². The summed E-state index contributed by atoms with van der Waals surface area (Å²) in [5.74, 6) is 0.271. The lowest BCUT2D eigenvalue weighted by Gasteiger charge is -2.10. The van der Waals surface area contributed by atoms with Gasteiger partial charge in [-0.1, -0.05) is 44.9 Å². The predicted octanol–water partition coefficient (Wildman–Crippen LogP) is 4.08. The molecule has 0 radical (unpaired) electrons. The summed E-state index contributed by atoms with van der Waals surface area (Å²) in [5, 5.41) is -0.200. The van der Waals surface area contributed by atoms with Crippen molar-refractivity contribution in [1.82, 2.24) is 0 Å². The van der Waals surface area contributed by atoms with E-state index in [4.69, 9.17) is 11.6 Å². The van der Waals surface area contributed by atoms with Crippen molar-refractivity contribution in [3.8, 4) is 0 Å². The fourth-order valence-electron chi connectivity index (χ4n) is 2.00. The van der Waals surface area contributed by atoms with Crippen LogP contribution < -0.4 is 0 Å². The van der Waals surface area contributed by atoms with E-state index in [1.807, 2.05) is 0 Å². The molecule has 1 aliphatic carbocycles. The van der Waals surface area contributed by atoms with Crippen molar-refractivity contribution in [2.45, 2.75) is 69.6 Å². The molecule has 0 N–H and O–H groups in total. The Balaban J connectivity index is 2.27. The number of hydrogen-bond acceptors (Lipinski definition) is 1. The zero-order valence-corrected chi connectivity index (χ0v) is 9.69. The van der Waals surface area contributed by atoms with Gasteiger partial charge in [-0.25, -0.2) is 0 Å². The maximum atomic E-state index is 11.5.